The molecular weight excluding hydrogens is 438 g/mol. The predicted octanol–water partition coefficient (Wildman–Crippen LogP) is 3.32. The van der Waals surface area contributed by atoms with Crippen LogP contribution in [0.4, 0.5) is 5.69 Å². The van der Waals surface area contributed by atoms with E-state index in [0.717, 1.165) is 32.8 Å². The van der Waals surface area contributed by atoms with Crippen molar-refractivity contribution in [2.75, 3.05) is 17.1 Å². The van der Waals surface area contributed by atoms with Crippen molar-refractivity contribution in [2.24, 2.45) is 0 Å². The Morgan fingerprint density at radius 2 is 1.64 bits per heavy atom. The minimum atomic E-state index is -3.75. The molecule has 2 amide bonds. The van der Waals surface area contributed by atoms with Crippen molar-refractivity contribution in [2.45, 2.75) is 60.2 Å². The zero-order valence-electron chi connectivity index (χ0n) is 20.5. The molecule has 0 heterocycles. The zero-order valence-corrected chi connectivity index (χ0v) is 21.4. The molecule has 0 unspecified atom stereocenters. The molecule has 0 aliphatic heterocycles. The average Bonchev–Trinajstić information content (AvgIpc) is 2.70. The van der Waals surface area contributed by atoms with Crippen LogP contribution in [0.25, 0.3) is 0 Å². The van der Waals surface area contributed by atoms with Gasteiger partial charge >= 0.3 is 0 Å². The van der Waals surface area contributed by atoms with E-state index in [4.69, 9.17) is 0 Å². The van der Waals surface area contributed by atoms with Gasteiger partial charge in [0.1, 0.15) is 12.6 Å². The number of hydrogen-bond donors (Lipinski definition) is 1. The third-order valence-electron chi connectivity index (χ3n) is 5.56. The molecule has 0 aliphatic carbocycles. The van der Waals surface area contributed by atoms with Gasteiger partial charge in [0.25, 0.3) is 0 Å². The average molecular weight is 474 g/mol. The SMILES string of the molecule is Cc1cccc(CN(C(=O)CN(c2cccc(C)c2C)S(C)(=O)=O)[C@@H](C)C(=O)NC(C)C)c1. The lowest BCUT2D eigenvalue weighted by Crippen LogP contribution is -2.52. The van der Waals surface area contributed by atoms with Gasteiger partial charge in [-0.2, -0.15) is 0 Å². The fourth-order valence-corrected chi connectivity index (χ4v) is 4.50. The molecule has 0 spiro atoms. The molecule has 180 valence electrons. The molecule has 0 aromatic heterocycles. The summed E-state index contributed by atoms with van der Waals surface area (Å²) in [5, 5.41) is 2.84. The summed E-state index contributed by atoms with van der Waals surface area (Å²) in [5.74, 6) is -0.738. The molecule has 0 aliphatic rings. The fourth-order valence-electron chi connectivity index (χ4n) is 3.60. The van der Waals surface area contributed by atoms with Gasteiger partial charge < -0.3 is 10.2 Å². The Kier molecular flexibility index (Phi) is 8.66. The van der Waals surface area contributed by atoms with Crippen LogP contribution in [0.1, 0.15) is 43.0 Å². The number of benzene rings is 2. The number of aryl methyl sites for hydroxylation is 2. The first-order valence-electron chi connectivity index (χ1n) is 11.0. The molecule has 33 heavy (non-hydrogen) atoms. The molecule has 2 aromatic rings. The highest BCUT2D eigenvalue weighted by atomic mass is 32.2. The maximum absolute atomic E-state index is 13.5. The Morgan fingerprint density at radius 1 is 1.00 bits per heavy atom. The number of nitrogens with zero attached hydrogens (tertiary/aromatic N) is 2. The number of carbonyl (C=O) groups excluding carboxylic acids is 2. The number of amides is 2. The summed E-state index contributed by atoms with van der Waals surface area (Å²) in [5.41, 5.74) is 4.07. The van der Waals surface area contributed by atoms with Crippen molar-refractivity contribution in [3.63, 3.8) is 0 Å². The van der Waals surface area contributed by atoms with Crippen molar-refractivity contribution in [1.82, 2.24) is 10.2 Å². The Labute approximate surface area is 197 Å². The van der Waals surface area contributed by atoms with E-state index in [-0.39, 0.29) is 18.5 Å². The number of anilines is 1. The Morgan fingerprint density at radius 3 is 2.21 bits per heavy atom. The van der Waals surface area contributed by atoms with Crippen LogP contribution in [0, 0.1) is 20.8 Å². The predicted molar refractivity (Wildman–Crippen MR) is 133 cm³/mol. The van der Waals surface area contributed by atoms with Gasteiger partial charge in [0.05, 0.1) is 11.9 Å². The summed E-state index contributed by atoms with van der Waals surface area (Å²) >= 11 is 0. The van der Waals surface area contributed by atoms with E-state index in [1.165, 1.54) is 4.90 Å². The minimum absolute atomic E-state index is 0.0849. The summed E-state index contributed by atoms with van der Waals surface area (Å²) in [4.78, 5) is 27.7. The van der Waals surface area contributed by atoms with Crippen molar-refractivity contribution < 1.29 is 18.0 Å². The molecule has 7 nitrogen and oxygen atoms in total. The second-order valence-electron chi connectivity index (χ2n) is 8.84. The van der Waals surface area contributed by atoms with E-state index in [0.29, 0.717) is 5.69 Å². The number of carbonyl (C=O) groups is 2. The molecule has 0 saturated heterocycles. The Hall–Kier alpha value is -2.87. The van der Waals surface area contributed by atoms with Gasteiger partial charge in [0, 0.05) is 12.6 Å². The maximum Gasteiger partial charge on any atom is 0.244 e. The first-order valence-corrected chi connectivity index (χ1v) is 12.9. The highest BCUT2D eigenvalue weighted by Gasteiger charge is 2.30. The Balaban J connectivity index is 2.44. The van der Waals surface area contributed by atoms with Crippen molar-refractivity contribution in [3.8, 4) is 0 Å². The van der Waals surface area contributed by atoms with Crippen LogP contribution in [0.2, 0.25) is 0 Å². The monoisotopic (exact) mass is 473 g/mol. The highest BCUT2D eigenvalue weighted by molar-refractivity contribution is 7.92. The molecule has 0 fully saturated rings. The van der Waals surface area contributed by atoms with E-state index in [2.05, 4.69) is 5.32 Å². The molecule has 2 rings (SSSR count). The molecule has 0 radical (unpaired) electrons. The number of sulfonamides is 1. The van der Waals surface area contributed by atoms with Crippen molar-refractivity contribution in [3.05, 3.63) is 64.7 Å². The molecule has 1 atom stereocenters. The number of hydrogen-bond acceptors (Lipinski definition) is 4. The third-order valence-corrected chi connectivity index (χ3v) is 6.68. The summed E-state index contributed by atoms with van der Waals surface area (Å²) < 4.78 is 26.5. The normalized spacial score (nSPS) is 12.4. The summed E-state index contributed by atoms with van der Waals surface area (Å²) in [6.07, 6.45) is 1.09. The van der Waals surface area contributed by atoms with Crippen molar-refractivity contribution in [1.29, 1.82) is 0 Å². The minimum Gasteiger partial charge on any atom is -0.352 e. The maximum atomic E-state index is 13.5. The lowest BCUT2D eigenvalue weighted by atomic mass is 10.1. The Bertz CT molecular complexity index is 1110. The fraction of sp³-hybridized carbons (Fsp3) is 0.440. The van der Waals surface area contributed by atoms with Crippen LogP contribution in [0.3, 0.4) is 0 Å². The summed E-state index contributed by atoms with van der Waals surface area (Å²) in [7, 11) is -3.75. The van der Waals surface area contributed by atoms with Crippen LogP contribution < -0.4 is 9.62 Å². The van der Waals surface area contributed by atoms with Crippen LogP contribution in [0.15, 0.2) is 42.5 Å². The van der Waals surface area contributed by atoms with E-state index in [9.17, 15) is 18.0 Å². The van der Waals surface area contributed by atoms with E-state index >= 15 is 0 Å². The van der Waals surface area contributed by atoms with Gasteiger partial charge in [-0.1, -0.05) is 42.0 Å². The van der Waals surface area contributed by atoms with Gasteiger partial charge in [0.15, 0.2) is 0 Å². The van der Waals surface area contributed by atoms with Gasteiger partial charge in [-0.25, -0.2) is 8.42 Å². The van der Waals surface area contributed by atoms with Crippen LogP contribution in [-0.2, 0) is 26.2 Å². The summed E-state index contributed by atoms with van der Waals surface area (Å²) in [6, 6.07) is 12.2. The van der Waals surface area contributed by atoms with E-state index in [1.807, 2.05) is 65.0 Å². The topological polar surface area (TPSA) is 86.8 Å². The van der Waals surface area contributed by atoms with Crippen LogP contribution in [0.5, 0.6) is 0 Å². The number of rotatable bonds is 9. The second kappa shape index (κ2) is 10.8. The molecule has 8 heteroatoms. The first-order chi connectivity index (χ1) is 15.3. The van der Waals surface area contributed by atoms with Crippen LogP contribution in [-0.4, -0.2) is 50.0 Å². The third kappa shape index (κ3) is 7.05. The van der Waals surface area contributed by atoms with Gasteiger partial charge in [-0.3, -0.25) is 13.9 Å². The van der Waals surface area contributed by atoms with Gasteiger partial charge in [-0.15, -0.1) is 0 Å². The van der Waals surface area contributed by atoms with E-state index in [1.54, 1.807) is 19.1 Å². The smallest absolute Gasteiger partial charge is 0.244 e. The standard InChI is InChI=1S/C25H35N3O4S/c1-17(2)26-25(30)21(6)27(15-22-12-8-10-18(3)14-22)24(29)16-28(33(7,31)32)23-13-9-11-19(4)20(23)5/h8-14,17,21H,15-16H2,1-7H3,(H,26,30)/t21-/m0/s1. The highest BCUT2D eigenvalue weighted by Crippen LogP contribution is 2.25. The zero-order chi connectivity index (χ0) is 24.9. The molecular formula is C25H35N3O4S. The quantitative estimate of drug-likeness (QED) is 0.605. The lowest BCUT2D eigenvalue weighted by molar-refractivity contribution is -0.139. The van der Waals surface area contributed by atoms with Gasteiger partial charge in [-0.05, 0) is 64.3 Å². The second-order valence-corrected chi connectivity index (χ2v) is 10.7. The largest absolute Gasteiger partial charge is 0.352 e. The molecule has 0 bridgehead atoms. The van der Waals surface area contributed by atoms with Crippen LogP contribution >= 0.6 is 0 Å². The molecule has 0 saturated carbocycles. The number of nitrogens with one attached hydrogen (secondary N) is 1. The molecule has 2 aromatic carbocycles. The first kappa shape index (κ1) is 26.4. The van der Waals surface area contributed by atoms with Gasteiger partial charge in [0.2, 0.25) is 21.8 Å². The summed E-state index contributed by atoms with van der Waals surface area (Å²) in [6.45, 7) is 10.8. The molecule has 1 N–H and O–H groups in total. The van der Waals surface area contributed by atoms with Crippen molar-refractivity contribution >= 4 is 27.5 Å². The lowest BCUT2D eigenvalue weighted by Gasteiger charge is -2.32. The van der Waals surface area contributed by atoms with E-state index < -0.39 is 28.5 Å².